The van der Waals surface area contributed by atoms with Crippen molar-refractivity contribution in [1.82, 2.24) is 0 Å². The van der Waals surface area contributed by atoms with Gasteiger partial charge < -0.3 is 19.7 Å². The lowest BCUT2D eigenvalue weighted by atomic mass is 9.91. The number of aliphatic hydroxyl groups is 2. The van der Waals surface area contributed by atoms with Crippen molar-refractivity contribution in [1.29, 1.82) is 0 Å². The van der Waals surface area contributed by atoms with Crippen LogP contribution in [0.2, 0.25) is 0 Å². The maximum Gasteiger partial charge on any atom is 0.126 e. The summed E-state index contributed by atoms with van der Waals surface area (Å²) in [7, 11) is 0. The van der Waals surface area contributed by atoms with Crippen LogP contribution in [0.15, 0.2) is 12.3 Å². The van der Waals surface area contributed by atoms with Gasteiger partial charge in [0.2, 0.25) is 0 Å². The van der Waals surface area contributed by atoms with E-state index in [2.05, 4.69) is 32.3 Å². The Labute approximate surface area is 135 Å². The summed E-state index contributed by atoms with van der Waals surface area (Å²) in [6, 6.07) is 0. The highest BCUT2D eigenvalue weighted by Crippen LogP contribution is 2.23. The van der Waals surface area contributed by atoms with E-state index < -0.39 is 5.60 Å². The molecule has 0 saturated carbocycles. The minimum Gasteiger partial charge on any atom is -0.496 e. The zero-order valence-electron chi connectivity index (χ0n) is 14.7. The van der Waals surface area contributed by atoms with E-state index in [9.17, 15) is 0 Å². The van der Waals surface area contributed by atoms with Gasteiger partial charge in [0, 0.05) is 11.8 Å². The van der Waals surface area contributed by atoms with Crippen LogP contribution >= 0.6 is 0 Å². The molecule has 4 heteroatoms. The van der Waals surface area contributed by atoms with Gasteiger partial charge in [-0.1, -0.05) is 46.1 Å². The molecule has 2 N–H and O–H groups in total. The Morgan fingerprint density at radius 3 is 2.23 bits per heavy atom. The molecule has 0 aromatic heterocycles. The third-order valence-corrected chi connectivity index (χ3v) is 3.51. The van der Waals surface area contributed by atoms with Crippen molar-refractivity contribution in [2.75, 3.05) is 26.4 Å². The molecule has 3 atom stereocenters. The molecule has 0 saturated heterocycles. The second-order valence-electron chi connectivity index (χ2n) is 6.29. The van der Waals surface area contributed by atoms with Gasteiger partial charge in [-0.2, -0.15) is 0 Å². The van der Waals surface area contributed by atoms with E-state index in [0.29, 0.717) is 11.7 Å². The standard InChI is InChI=1S/C18H32O4/c1-14(2)13-18(6,22-12-10-20)8-7-15(3)16(4)17(5)21-11-9-19/h14-16,19-20H,5,9-13H2,1-4,6H3. The van der Waals surface area contributed by atoms with E-state index in [-0.39, 0.29) is 38.3 Å². The summed E-state index contributed by atoms with van der Waals surface area (Å²) in [5.74, 6) is 7.68. The van der Waals surface area contributed by atoms with Crippen molar-refractivity contribution in [3.8, 4) is 11.8 Å². The van der Waals surface area contributed by atoms with Crippen molar-refractivity contribution in [2.24, 2.45) is 17.8 Å². The van der Waals surface area contributed by atoms with E-state index in [1.54, 1.807) is 0 Å². The van der Waals surface area contributed by atoms with E-state index >= 15 is 0 Å². The third kappa shape index (κ3) is 8.43. The number of aliphatic hydroxyl groups excluding tert-OH is 2. The van der Waals surface area contributed by atoms with Gasteiger partial charge in [-0.3, -0.25) is 0 Å². The number of hydrogen-bond acceptors (Lipinski definition) is 4. The minimum absolute atomic E-state index is 0.00682. The average molecular weight is 312 g/mol. The highest BCUT2D eigenvalue weighted by molar-refractivity contribution is 5.17. The van der Waals surface area contributed by atoms with Crippen LogP contribution in [0.5, 0.6) is 0 Å². The van der Waals surface area contributed by atoms with Crippen molar-refractivity contribution >= 4 is 0 Å². The lowest BCUT2D eigenvalue weighted by molar-refractivity contribution is -0.0181. The van der Waals surface area contributed by atoms with Gasteiger partial charge in [0.1, 0.15) is 12.2 Å². The zero-order chi connectivity index (χ0) is 17.2. The molecule has 0 aliphatic carbocycles. The van der Waals surface area contributed by atoms with Gasteiger partial charge in [-0.05, 0) is 19.3 Å². The van der Waals surface area contributed by atoms with Gasteiger partial charge in [0.05, 0.1) is 25.6 Å². The molecule has 0 aliphatic heterocycles. The SMILES string of the molecule is C=C(OCCO)C(C)C(C)C#CC(C)(CC(C)C)OCCO. The molecule has 0 rings (SSSR count). The molecule has 0 radical (unpaired) electrons. The van der Waals surface area contributed by atoms with Crippen LogP contribution in [0.25, 0.3) is 0 Å². The molecule has 4 nitrogen and oxygen atoms in total. The summed E-state index contributed by atoms with van der Waals surface area (Å²) in [6.45, 7) is 14.6. The summed E-state index contributed by atoms with van der Waals surface area (Å²) in [4.78, 5) is 0. The van der Waals surface area contributed by atoms with Crippen molar-refractivity contribution < 1.29 is 19.7 Å². The summed E-state index contributed by atoms with van der Waals surface area (Å²) in [6.07, 6.45) is 0.809. The van der Waals surface area contributed by atoms with Crippen molar-refractivity contribution in [2.45, 2.75) is 46.6 Å². The number of rotatable bonds is 10. The molecule has 22 heavy (non-hydrogen) atoms. The van der Waals surface area contributed by atoms with E-state index in [1.807, 2.05) is 20.8 Å². The Morgan fingerprint density at radius 1 is 1.14 bits per heavy atom. The summed E-state index contributed by atoms with van der Waals surface area (Å²) in [5, 5.41) is 17.7. The monoisotopic (exact) mass is 312 g/mol. The van der Waals surface area contributed by atoms with Gasteiger partial charge in [0.25, 0.3) is 0 Å². The van der Waals surface area contributed by atoms with E-state index in [4.69, 9.17) is 19.7 Å². The first-order valence-electron chi connectivity index (χ1n) is 7.95. The fourth-order valence-electron chi connectivity index (χ4n) is 2.17. The molecule has 0 amide bonds. The molecule has 0 bridgehead atoms. The molecule has 0 aromatic carbocycles. The topological polar surface area (TPSA) is 58.9 Å². The molecular formula is C18H32O4. The summed E-state index contributed by atoms with van der Waals surface area (Å²) in [5.41, 5.74) is -0.557. The molecular weight excluding hydrogens is 280 g/mol. The van der Waals surface area contributed by atoms with Crippen molar-refractivity contribution in [3.63, 3.8) is 0 Å². The average Bonchev–Trinajstić information content (AvgIpc) is 2.46. The predicted molar refractivity (Wildman–Crippen MR) is 89.2 cm³/mol. The molecule has 0 fully saturated rings. The Hall–Kier alpha value is -1.02. The van der Waals surface area contributed by atoms with Gasteiger partial charge in [0.15, 0.2) is 0 Å². The Kier molecular flexibility index (Phi) is 10.2. The smallest absolute Gasteiger partial charge is 0.126 e. The molecule has 0 heterocycles. The normalized spacial score (nSPS) is 16.4. The van der Waals surface area contributed by atoms with Crippen molar-refractivity contribution in [3.05, 3.63) is 12.3 Å². The summed E-state index contributed by atoms with van der Waals surface area (Å²) < 4.78 is 11.1. The lowest BCUT2D eigenvalue weighted by Crippen LogP contribution is -2.30. The van der Waals surface area contributed by atoms with Crippen LogP contribution in [0, 0.1) is 29.6 Å². The van der Waals surface area contributed by atoms with Crippen LogP contribution in [-0.4, -0.2) is 42.2 Å². The first kappa shape index (κ1) is 21.0. The first-order chi connectivity index (χ1) is 10.3. The molecule has 0 spiro atoms. The fraction of sp³-hybridized carbons (Fsp3) is 0.778. The number of hydrogen-bond donors (Lipinski definition) is 2. The first-order valence-corrected chi connectivity index (χ1v) is 7.95. The van der Waals surface area contributed by atoms with Crippen LogP contribution in [0.4, 0.5) is 0 Å². The molecule has 0 aliphatic rings. The second kappa shape index (κ2) is 10.7. The number of allylic oxidation sites excluding steroid dienone is 1. The van der Waals surface area contributed by atoms with Crippen LogP contribution in [0.1, 0.15) is 41.0 Å². The van der Waals surface area contributed by atoms with Crippen LogP contribution in [0.3, 0.4) is 0 Å². The third-order valence-electron chi connectivity index (χ3n) is 3.51. The van der Waals surface area contributed by atoms with Gasteiger partial charge in [-0.15, -0.1) is 0 Å². The van der Waals surface area contributed by atoms with E-state index in [1.165, 1.54) is 0 Å². The Bertz CT molecular complexity index is 380. The molecule has 0 aromatic rings. The second-order valence-corrected chi connectivity index (χ2v) is 6.29. The maximum atomic E-state index is 8.96. The molecule has 128 valence electrons. The zero-order valence-corrected chi connectivity index (χ0v) is 14.7. The largest absolute Gasteiger partial charge is 0.496 e. The lowest BCUT2D eigenvalue weighted by Gasteiger charge is -2.26. The highest BCUT2D eigenvalue weighted by atomic mass is 16.5. The van der Waals surface area contributed by atoms with E-state index in [0.717, 1.165) is 6.42 Å². The summed E-state index contributed by atoms with van der Waals surface area (Å²) >= 11 is 0. The molecule has 3 unspecified atom stereocenters. The quantitative estimate of drug-likeness (QED) is 0.481. The Balaban J connectivity index is 4.83. The van der Waals surface area contributed by atoms with Gasteiger partial charge >= 0.3 is 0 Å². The highest BCUT2D eigenvalue weighted by Gasteiger charge is 2.24. The predicted octanol–water partition coefficient (Wildman–Crippen LogP) is 2.60. The van der Waals surface area contributed by atoms with Crippen LogP contribution in [-0.2, 0) is 9.47 Å². The van der Waals surface area contributed by atoms with Crippen LogP contribution < -0.4 is 0 Å². The maximum absolute atomic E-state index is 8.96. The van der Waals surface area contributed by atoms with Gasteiger partial charge in [-0.25, -0.2) is 0 Å². The minimum atomic E-state index is -0.557. The fourth-order valence-corrected chi connectivity index (χ4v) is 2.17. The Morgan fingerprint density at radius 2 is 1.73 bits per heavy atom. The number of ether oxygens (including phenoxy) is 2.